The van der Waals surface area contributed by atoms with Crippen LogP contribution in [-0.4, -0.2) is 26.2 Å². The maximum Gasteiger partial charge on any atom is 0.150 e. The van der Waals surface area contributed by atoms with Gasteiger partial charge in [0.2, 0.25) is 0 Å². The third kappa shape index (κ3) is 2.06. The second-order valence-electron chi connectivity index (χ2n) is 5.50. The maximum atomic E-state index is 14.0. The second-order valence-corrected chi connectivity index (χ2v) is 5.50. The molecule has 1 unspecified atom stereocenters. The quantitative estimate of drug-likeness (QED) is 0.842. The molecule has 1 aromatic carbocycles. The summed E-state index contributed by atoms with van der Waals surface area (Å²) in [5.41, 5.74) is 0.199. The van der Waals surface area contributed by atoms with Crippen molar-refractivity contribution in [2.24, 2.45) is 5.41 Å². The van der Waals surface area contributed by atoms with Gasteiger partial charge in [0, 0.05) is 25.0 Å². The van der Waals surface area contributed by atoms with Crippen LogP contribution in [0.3, 0.4) is 0 Å². The number of halogens is 2. The number of rotatable bonds is 1. The SMILES string of the molecule is N#Cc1cc(F)c(N2CCC3(CCNC3)C2)c(F)c1. The summed E-state index contributed by atoms with van der Waals surface area (Å²) in [5.74, 6) is -1.28. The summed E-state index contributed by atoms with van der Waals surface area (Å²) in [6.07, 6.45) is 2.02. The van der Waals surface area contributed by atoms with Gasteiger partial charge in [-0.15, -0.1) is 0 Å². The first kappa shape index (κ1) is 12.4. The molecule has 1 N–H and O–H groups in total. The largest absolute Gasteiger partial charge is 0.366 e. The van der Waals surface area contributed by atoms with Gasteiger partial charge < -0.3 is 10.2 Å². The third-order valence-corrected chi connectivity index (χ3v) is 4.23. The van der Waals surface area contributed by atoms with Crippen LogP contribution in [0.2, 0.25) is 0 Å². The molecule has 2 aliphatic heterocycles. The molecule has 2 aliphatic rings. The lowest BCUT2D eigenvalue weighted by molar-refractivity contribution is 0.369. The summed E-state index contributed by atoms with van der Waals surface area (Å²) in [6, 6.07) is 3.98. The third-order valence-electron chi connectivity index (χ3n) is 4.23. The molecule has 19 heavy (non-hydrogen) atoms. The maximum absolute atomic E-state index is 14.0. The zero-order valence-corrected chi connectivity index (χ0v) is 10.5. The van der Waals surface area contributed by atoms with E-state index in [4.69, 9.17) is 5.26 Å². The predicted molar refractivity (Wildman–Crippen MR) is 67.8 cm³/mol. The van der Waals surface area contributed by atoms with Crippen molar-refractivity contribution in [3.8, 4) is 6.07 Å². The average Bonchev–Trinajstić information content (AvgIpc) is 3.00. The fourth-order valence-corrected chi connectivity index (χ4v) is 3.20. The molecule has 0 bridgehead atoms. The lowest BCUT2D eigenvalue weighted by Crippen LogP contribution is -2.30. The molecular weight excluding hydrogens is 248 g/mol. The molecule has 2 saturated heterocycles. The Morgan fingerprint density at radius 2 is 2.00 bits per heavy atom. The van der Waals surface area contributed by atoms with Crippen LogP contribution in [0.25, 0.3) is 0 Å². The van der Waals surface area contributed by atoms with E-state index in [2.05, 4.69) is 5.32 Å². The Hall–Kier alpha value is -1.67. The van der Waals surface area contributed by atoms with Gasteiger partial charge in [-0.05, 0) is 31.5 Å². The molecule has 1 aromatic rings. The van der Waals surface area contributed by atoms with Gasteiger partial charge >= 0.3 is 0 Å². The molecule has 100 valence electrons. The summed E-state index contributed by atoms with van der Waals surface area (Å²) >= 11 is 0. The molecule has 0 radical (unpaired) electrons. The number of hydrogen-bond acceptors (Lipinski definition) is 3. The van der Waals surface area contributed by atoms with Crippen LogP contribution in [0.15, 0.2) is 12.1 Å². The Morgan fingerprint density at radius 3 is 2.58 bits per heavy atom. The lowest BCUT2D eigenvalue weighted by Gasteiger charge is -2.24. The van der Waals surface area contributed by atoms with Gasteiger partial charge in [0.15, 0.2) is 11.6 Å². The molecule has 0 aliphatic carbocycles. The topological polar surface area (TPSA) is 39.1 Å². The van der Waals surface area contributed by atoms with Crippen molar-refractivity contribution in [2.75, 3.05) is 31.1 Å². The minimum absolute atomic E-state index is 0.0165. The molecule has 1 atom stereocenters. The second kappa shape index (κ2) is 4.46. The van der Waals surface area contributed by atoms with Gasteiger partial charge in [0.05, 0.1) is 11.6 Å². The summed E-state index contributed by atoms with van der Waals surface area (Å²) in [4.78, 5) is 1.78. The first-order valence-corrected chi connectivity index (χ1v) is 6.48. The minimum Gasteiger partial charge on any atom is -0.366 e. The van der Waals surface area contributed by atoms with Crippen molar-refractivity contribution in [3.63, 3.8) is 0 Å². The van der Waals surface area contributed by atoms with Crippen molar-refractivity contribution in [3.05, 3.63) is 29.3 Å². The summed E-state index contributed by atoms with van der Waals surface area (Å²) < 4.78 is 28.0. The van der Waals surface area contributed by atoms with Gasteiger partial charge in [0.25, 0.3) is 0 Å². The molecular formula is C14H15F2N3. The fourth-order valence-electron chi connectivity index (χ4n) is 3.20. The van der Waals surface area contributed by atoms with E-state index < -0.39 is 11.6 Å². The predicted octanol–water partition coefficient (Wildman–Crippen LogP) is 2.03. The highest BCUT2D eigenvalue weighted by molar-refractivity contribution is 5.53. The standard InChI is InChI=1S/C14H15F2N3/c15-11-5-10(7-17)6-12(16)13(11)19-4-2-14(9-19)1-3-18-8-14/h5-6,18H,1-4,8-9H2. The normalized spacial score (nSPS) is 26.1. The molecule has 5 heteroatoms. The number of nitriles is 1. The zero-order chi connectivity index (χ0) is 13.5. The first-order chi connectivity index (χ1) is 9.13. The van der Waals surface area contributed by atoms with E-state index in [0.29, 0.717) is 13.1 Å². The van der Waals surface area contributed by atoms with Crippen LogP contribution in [-0.2, 0) is 0 Å². The van der Waals surface area contributed by atoms with Crippen molar-refractivity contribution in [1.29, 1.82) is 5.26 Å². The molecule has 1 spiro atoms. The van der Waals surface area contributed by atoms with E-state index in [1.54, 1.807) is 11.0 Å². The highest BCUT2D eigenvalue weighted by atomic mass is 19.1. The van der Waals surface area contributed by atoms with Crippen molar-refractivity contribution < 1.29 is 8.78 Å². The van der Waals surface area contributed by atoms with Crippen LogP contribution in [0, 0.1) is 28.4 Å². The van der Waals surface area contributed by atoms with Gasteiger partial charge in [-0.3, -0.25) is 0 Å². The molecule has 3 rings (SSSR count). The number of nitrogens with zero attached hydrogens (tertiary/aromatic N) is 2. The van der Waals surface area contributed by atoms with Crippen LogP contribution in [0.5, 0.6) is 0 Å². The summed E-state index contributed by atoms with van der Waals surface area (Å²) in [7, 11) is 0. The van der Waals surface area contributed by atoms with Crippen LogP contribution in [0.4, 0.5) is 14.5 Å². The zero-order valence-electron chi connectivity index (χ0n) is 10.5. The Morgan fingerprint density at radius 1 is 1.26 bits per heavy atom. The molecule has 2 heterocycles. The smallest absolute Gasteiger partial charge is 0.150 e. The van der Waals surface area contributed by atoms with E-state index in [-0.39, 0.29) is 16.7 Å². The van der Waals surface area contributed by atoms with E-state index in [0.717, 1.165) is 38.1 Å². The Labute approximate surface area is 110 Å². The monoisotopic (exact) mass is 263 g/mol. The Kier molecular flexibility index (Phi) is 2.90. The van der Waals surface area contributed by atoms with Crippen LogP contribution >= 0.6 is 0 Å². The van der Waals surface area contributed by atoms with E-state index in [1.165, 1.54) is 0 Å². The highest BCUT2D eigenvalue weighted by Gasteiger charge is 2.41. The Bertz CT molecular complexity index is 521. The fraction of sp³-hybridized carbons (Fsp3) is 0.500. The molecule has 0 aromatic heterocycles. The highest BCUT2D eigenvalue weighted by Crippen LogP contribution is 2.39. The van der Waals surface area contributed by atoms with E-state index in [1.807, 2.05) is 0 Å². The summed E-state index contributed by atoms with van der Waals surface area (Å²) in [6.45, 7) is 3.25. The van der Waals surface area contributed by atoms with E-state index in [9.17, 15) is 8.78 Å². The molecule has 0 saturated carbocycles. The van der Waals surface area contributed by atoms with Gasteiger partial charge in [-0.25, -0.2) is 8.78 Å². The number of benzene rings is 1. The molecule has 2 fully saturated rings. The summed E-state index contributed by atoms with van der Waals surface area (Å²) in [5, 5.41) is 12.0. The number of hydrogen-bond donors (Lipinski definition) is 1. The Balaban J connectivity index is 1.90. The first-order valence-electron chi connectivity index (χ1n) is 6.48. The van der Waals surface area contributed by atoms with Gasteiger partial charge in [-0.1, -0.05) is 0 Å². The van der Waals surface area contributed by atoms with Crippen molar-refractivity contribution in [1.82, 2.24) is 5.32 Å². The van der Waals surface area contributed by atoms with Gasteiger partial charge in [0.1, 0.15) is 5.69 Å². The van der Waals surface area contributed by atoms with Crippen LogP contribution < -0.4 is 10.2 Å². The average molecular weight is 263 g/mol. The van der Waals surface area contributed by atoms with Crippen molar-refractivity contribution in [2.45, 2.75) is 12.8 Å². The van der Waals surface area contributed by atoms with Gasteiger partial charge in [-0.2, -0.15) is 5.26 Å². The van der Waals surface area contributed by atoms with Crippen LogP contribution in [0.1, 0.15) is 18.4 Å². The number of nitrogens with one attached hydrogen (secondary N) is 1. The van der Waals surface area contributed by atoms with E-state index >= 15 is 0 Å². The lowest BCUT2D eigenvalue weighted by atomic mass is 9.86. The minimum atomic E-state index is -0.639. The molecule has 3 nitrogen and oxygen atoms in total. The number of anilines is 1. The molecule has 0 amide bonds. The van der Waals surface area contributed by atoms with Crippen molar-refractivity contribution >= 4 is 5.69 Å².